The van der Waals surface area contributed by atoms with Crippen LogP contribution in [-0.2, 0) is 0 Å². The lowest BCUT2D eigenvalue weighted by atomic mass is 10.0. The fourth-order valence-electron chi connectivity index (χ4n) is 2.28. The van der Waals surface area contributed by atoms with Gasteiger partial charge in [-0.1, -0.05) is 22.0 Å². The lowest BCUT2D eigenvalue weighted by Crippen LogP contribution is -2.44. The SMILES string of the molecule is C=C[C@@H](c1cc(Br)cc(Br)c1N)N1CCNCC1. The molecule has 1 heterocycles. The second-order valence-electron chi connectivity index (χ2n) is 4.36. The van der Waals surface area contributed by atoms with E-state index in [2.05, 4.69) is 54.7 Å². The van der Waals surface area contributed by atoms with E-state index >= 15 is 0 Å². The number of nitrogens with one attached hydrogen (secondary N) is 1. The molecule has 0 saturated carbocycles. The van der Waals surface area contributed by atoms with Crippen molar-refractivity contribution in [3.63, 3.8) is 0 Å². The zero-order valence-electron chi connectivity index (χ0n) is 10.1. The number of halogens is 2. The zero-order valence-corrected chi connectivity index (χ0v) is 13.3. The highest BCUT2D eigenvalue weighted by Gasteiger charge is 2.22. The summed E-state index contributed by atoms with van der Waals surface area (Å²) in [6.45, 7) is 8.02. The summed E-state index contributed by atoms with van der Waals surface area (Å²) in [7, 11) is 0. The van der Waals surface area contributed by atoms with Crippen molar-refractivity contribution < 1.29 is 0 Å². The van der Waals surface area contributed by atoms with Gasteiger partial charge in [-0.3, -0.25) is 4.90 Å². The highest BCUT2D eigenvalue weighted by Crippen LogP contribution is 2.35. The van der Waals surface area contributed by atoms with E-state index in [1.807, 2.05) is 12.1 Å². The van der Waals surface area contributed by atoms with Gasteiger partial charge < -0.3 is 11.1 Å². The van der Waals surface area contributed by atoms with Crippen LogP contribution in [-0.4, -0.2) is 31.1 Å². The third-order valence-corrected chi connectivity index (χ3v) is 4.33. The number of hydrogen-bond donors (Lipinski definition) is 2. The zero-order chi connectivity index (χ0) is 13.1. The molecule has 2 rings (SSSR count). The molecule has 18 heavy (non-hydrogen) atoms. The monoisotopic (exact) mass is 373 g/mol. The van der Waals surface area contributed by atoms with Gasteiger partial charge >= 0.3 is 0 Å². The van der Waals surface area contributed by atoms with Gasteiger partial charge in [0, 0.05) is 35.1 Å². The molecule has 1 aromatic rings. The van der Waals surface area contributed by atoms with Crippen molar-refractivity contribution in [1.82, 2.24) is 10.2 Å². The normalized spacial score (nSPS) is 18.6. The van der Waals surface area contributed by atoms with Crippen molar-refractivity contribution in [3.05, 3.63) is 39.3 Å². The molecule has 3 nitrogen and oxygen atoms in total. The first-order valence-electron chi connectivity index (χ1n) is 5.95. The molecule has 1 atom stereocenters. The minimum absolute atomic E-state index is 0.167. The summed E-state index contributed by atoms with van der Waals surface area (Å²) in [5, 5.41) is 3.36. The molecule has 3 N–H and O–H groups in total. The molecule has 0 spiro atoms. The number of nitrogen functional groups attached to an aromatic ring is 1. The summed E-state index contributed by atoms with van der Waals surface area (Å²) in [5.74, 6) is 0. The fourth-order valence-corrected chi connectivity index (χ4v) is 3.54. The second kappa shape index (κ2) is 6.19. The van der Waals surface area contributed by atoms with Gasteiger partial charge in [-0.15, -0.1) is 6.58 Å². The molecule has 1 aromatic carbocycles. The van der Waals surface area contributed by atoms with Crippen LogP contribution >= 0.6 is 31.9 Å². The Morgan fingerprint density at radius 1 is 1.33 bits per heavy atom. The molecule has 1 aliphatic rings. The van der Waals surface area contributed by atoms with Crippen LogP contribution in [0.3, 0.4) is 0 Å². The molecule has 1 fully saturated rings. The fraction of sp³-hybridized carbons (Fsp3) is 0.385. The molecule has 0 aliphatic carbocycles. The molecular formula is C13H17Br2N3. The largest absolute Gasteiger partial charge is 0.398 e. The maximum atomic E-state index is 6.18. The summed E-state index contributed by atoms with van der Waals surface area (Å²) in [6.07, 6.45) is 1.97. The van der Waals surface area contributed by atoms with E-state index in [0.29, 0.717) is 0 Å². The average Bonchev–Trinajstić information content (AvgIpc) is 2.37. The number of piperazine rings is 1. The Kier molecular flexibility index (Phi) is 4.84. The lowest BCUT2D eigenvalue weighted by molar-refractivity contribution is 0.204. The van der Waals surface area contributed by atoms with Crippen molar-refractivity contribution in [3.8, 4) is 0 Å². The summed E-state index contributed by atoms with van der Waals surface area (Å²) in [6, 6.07) is 4.21. The molecule has 98 valence electrons. The summed E-state index contributed by atoms with van der Waals surface area (Å²) in [5.41, 5.74) is 8.07. The van der Waals surface area contributed by atoms with E-state index in [-0.39, 0.29) is 6.04 Å². The van der Waals surface area contributed by atoms with Gasteiger partial charge in [0.25, 0.3) is 0 Å². The minimum atomic E-state index is 0.167. The summed E-state index contributed by atoms with van der Waals surface area (Å²) < 4.78 is 1.95. The molecule has 0 aromatic heterocycles. The quantitative estimate of drug-likeness (QED) is 0.631. The Balaban J connectivity index is 2.34. The first-order chi connectivity index (χ1) is 8.63. The Hall–Kier alpha value is -0.360. The molecule has 0 radical (unpaired) electrons. The maximum Gasteiger partial charge on any atom is 0.0551 e. The van der Waals surface area contributed by atoms with Crippen LogP contribution in [0.1, 0.15) is 11.6 Å². The van der Waals surface area contributed by atoms with Gasteiger partial charge in [0.2, 0.25) is 0 Å². The predicted molar refractivity (Wildman–Crippen MR) is 83.6 cm³/mol. The van der Waals surface area contributed by atoms with Crippen LogP contribution < -0.4 is 11.1 Å². The first-order valence-corrected chi connectivity index (χ1v) is 7.54. The number of anilines is 1. The van der Waals surface area contributed by atoms with Crippen LogP contribution in [0.25, 0.3) is 0 Å². The van der Waals surface area contributed by atoms with E-state index in [9.17, 15) is 0 Å². The number of hydrogen-bond acceptors (Lipinski definition) is 3. The van der Waals surface area contributed by atoms with Gasteiger partial charge in [-0.2, -0.15) is 0 Å². The number of rotatable bonds is 3. The smallest absolute Gasteiger partial charge is 0.0551 e. The van der Waals surface area contributed by atoms with Crippen LogP contribution in [0.2, 0.25) is 0 Å². The molecule has 1 saturated heterocycles. The second-order valence-corrected chi connectivity index (χ2v) is 6.13. The standard InChI is InChI=1S/C13H17Br2N3/c1-2-12(18-5-3-17-4-6-18)10-7-9(14)8-11(15)13(10)16/h2,7-8,12,17H,1,3-6,16H2/t12-/m0/s1. The first kappa shape index (κ1) is 14.1. The van der Waals surface area contributed by atoms with Crippen LogP contribution in [0.5, 0.6) is 0 Å². The minimum Gasteiger partial charge on any atom is -0.398 e. The number of nitrogens with two attached hydrogens (primary N) is 1. The van der Waals surface area contributed by atoms with Crippen molar-refractivity contribution in [2.45, 2.75) is 6.04 Å². The van der Waals surface area contributed by atoms with Crippen molar-refractivity contribution >= 4 is 37.5 Å². The van der Waals surface area contributed by atoms with Gasteiger partial charge in [0.05, 0.1) is 11.7 Å². The van der Waals surface area contributed by atoms with E-state index in [1.165, 1.54) is 0 Å². The van der Waals surface area contributed by atoms with E-state index in [1.54, 1.807) is 0 Å². The third-order valence-electron chi connectivity index (χ3n) is 3.21. The lowest BCUT2D eigenvalue weighted by Gasteiger charge is -2.34. The van der Waals surface area contributed by atoms with Crippen LogP contribution in [0, 0.1) is 0 Å². The average molecular weight is 375 g/mol. The van der Waals surface area contributed by atoms with Gasteiger partial charge in [0.1, 0.15) is 0 Å². The van der Waals surface area contributed by atoms with E-state index in [4.69, 9.17) is 5.73 Å². The summed E-state index contributed by atoms with van der Waals surface area (Å²) in [4.78, 5) is 2.40. The highest BCUT2D eigenvalue weighted by molar-refractivity contribution is 9.11. The van der Waals surface area contributed by atoms with Crippen molar-refractivity contribution in [2.24, 2.45) is 0 Å². The number of nitrogens with zero attached hydrogens (tertiary/aromatic N) is 1. The Labute approximate surface area is 125 Å². The topological polar surface area (TPSA) is 41.3 Å². The van der Waals surface area contributed by atoms with Crippen molar-refractivity contribution in [2.75, 3.05) is 31.9 Å². The van der Waals surface area contributed by atoms with Crippen molar-refractivity contribution in [1.29, 1.82) is 0 Å². The molecule has 0 amide bonds. The van der Waals surface area contributed by atoms with Gasteiger partial charge in [-0.05, 0) is 33.6 Å². The van der Waals surface area contributed by atoms with E-state index in [0.717, 1.165) is 46.4 Å². The Bertz CT molecular complexity index is 442. The maximum absolute atomic E-state index is 6.18. The molecule has 0 unspecified atom stereocenters. The van der Waals surface area contributed by atoms with Crippen LogP contribution in [0.4, 0.5) is 5.69 Å². The van der Waals surface area contributed by atoms with E-state index < -0.39 is 0 Å². The van der Waals surface area contributed by atoms with Gasteiger partial charge in [0.15, 0.2) is 0 Å². The predicted octanol–water partition coefficient (Wildman–Crippen LogP) is 2.93. The van der Waals surface area contributed by atoms with Gasteiger partial charge in [-0.25, -0.2) is 0 Å². The Morgan fingerprint density at radius 3 is 2.61 bits per heavy atom. The molecule has 5 heteroatoms. The van der Waals surface area contributed by atoms with Crippen LogP contribution in [0.15, 0.2) is 33.7 Å². The molecular weight excluding hydrogens is 358 g/mol. The number of benzene rings is 1. The summed E-state index contributed by atoms with van der Waals surface area (Å²) >= 11 is 7.02. The Morgan fingerprint density at radius 2 is 2.00 bits per heavy atom. The highest BCUT2D eigenvalue weighted by atomic mass is 79.9. The third kappa shape index (κ3) is 2.96. The molecule has 0 bridgehead atoms. The molecule has 1 aliphatic heterocycles.